The minimum absolute atomic E-state index is 0.677. The van der Waals surface area contributed by atoms with Gasteiger partial charge in [-0.3, -0.25) is 0 Å². The molecule has 0 unspecified atom stereocenters. The fraction of sp³-hybridized carbons (Fsp3) is 0. The average Bonchev–Trinajstić information content (AvgIpc) is 3.14. The molecule has 0 atom stereocenters. The molecule has 5 heteroatoms. The van der Waals surface area contributed by atoms with Crippen LogP contribution in [0.25, 0.3) is 33.4 Å². The standard InChI is InChI=1S/C43H31Cl2N3/c44-35-22-26-40(41(28-35)32-10-4-1-5-11-32)33-18-20-34(21-19-33)42-29-36(45)23-27-43(42)47-37-24-16-31(17-25-37)30-46-48(38-12-6-2-7-13-38)39-14-8-3-9-15-39/h1-30,47H/b46-30+. The summed E-state index contributed by atoms with van der Waals surface area (Å²) in [4.78, 5) is 0. The van der Waals surface area contributed by atoms with Crippen LogP contribution >= 0.6 is 23.2 Å². The quantitative estimate of drug-likeness (QED) is 0.123. The predicted octanol–water partition coefficient (Wildman–Crippen LogP) is 12.9. The highest BCUT2D eigenvalue weighted by Crippen LogP contribution is 2.37. The van der Waals surface area contributed by atoms with E-state index < -0.39 is 0 Å². The van der Waals surface area contributed by atoms with Crippen LogP contribution in [0.1, 0.15) is 5.56 Å². The van der Waals surface area contributed by atoms with Crippen molar-refractivity contribution in [2.75, 3.05) is 10.3 Å². The number of hydrogen-bond acceptors (Lipinski definition) is 3. The van der Waals surface area contributed by atoms with Crippen molar-refractivity contribution in [1.82, 2.24) is 0 Å². The topological polar surface area (TPSA) is 27.6 Å². The van der Waals surface area contributed by atoms with Gasteiger partial charge in [-0.15, -0.1) is 0 Å². The monoisotopic (exact) mass is 659 g/mol. The van der Waals surface area contributed by atoms with Crippen molar-refractivity contribution in [1.29, 1.82) is 0 Å². The first-order chi connectivity index (χ1) is 23.6. The first-order valence-electron chi connectivity index (χ1n) is 15.7. The first-order valence-corrected chi connectivity index (χ1v) is 16.4. The molecule has 0 spiro atoms. The van der Waals surface area contributed by atoms with Gasteiger partial charge < -0.3 is 5.32 Å². The molecule has 3 nitrogen and oxygen atoms in total. The number of benzene rings is 7. The second-order valence-electron chi connectivity index (χ2n) is 11.3. The Balaban J connectivity index is 1.12. The molecule has 0 amide bonds. The lowest BCUT2D eigenvalue weighted by atomic mass is 9.93. The van der Waals surface area contributed by atoms with Gasteiger partial charge in [0.15, 0.2) is 0 Å². The van der Waals surface area contributed by atoms with Crippen LogP contribution in [0, 0.1) is 0 Å². The maximum absolute atomic E-state index is 6.51. The van der Waals surface area contributed by atoms with E-state index in [1.54, 1.807) is 0 Å². The van der Waals surface area contributed by atoms with E-state index in [-0.39, 0.29) is 0 Å². The normalized spacial score (nSPS) is 11.0. The predicted molar refractivity (Wildman–Crippen MR) is 205 cm³/mol. The summed E-state index contributed by atoms with van der Waals surface area (Å²) in [6.45, 7) is 0. The minimum Gasteiger partial charge on any atom is -0.355 e. The van der Waals surface area contributed by atoms with Gasteiger partial charge in [0.1, 0.15) is 0 Å². The van der Waals surface area contributed by atoms with Crippen LogP contribution in [0.3, 0.4) is 0 Å². The fourth-order valence-electron chi connectivity index (χ4n) is 5.67. The molecule has 0 fully saturated rings. The van der Waals surface area contributed by atoms with Crippen molar-refractivity contribution >= 4 is 52.2 Å². The SMILES string of the molecule is Clc1ccc(Nc2ccc(/C=N/N(c3ccccc3)c3ccccc3)cc2)c(-c2ccc(-c3ccc(Cl)cc3-c3ccccc3)cc2)c1. The van der Waals surface area contributed by atoms with E-state index >= 15 is 0 Å². The molecule has 0 saturated heterocycles. The molecular weight excluding hydrogens is 629 g/mol. The number of anilines is 4. The zero-order valence-corrected chi connectivity index (χ0v) is 27.5. The highest BCUT2D eigenvalue weighted by molar-refractivity contribution is 6.31. The Morgan fingerprint density at radius 1 is 0.458 bits per heavy atom. The van der Waals surface area contributed by atoms with Gasteiger partial charge in [-0.2, -0.15) is 5.10 Å². The molecule has 0 aliphatic rings. The van der Waals surface area contributed by atoms with Crippen molar-refractivity contribution in [3.63, 3.8) is 0 Å². The molecule has 0 aromatic heterocycles. The van der Waals surface area contributed by atoms with Crippen LogP contribution in [0.2, 0.25) is 10.0 Å². The van der Waals surface area contributed by atoms with E-state index in [9.17, 15) is 0 Å². The number of halogens is 2. The second-order valence-corrected chi connectivity index (χ2v) is 12.2. The molecule has 1 N–H and O–H groups in total. The van der Waals surface area contributed by atoms with Crippen LogP contribution in [0.5, 0.6) is 0 Å². The van der Waals surface area contributed by atoms with Gasteiger partial charge in [0, 0.05) is 27.0 Å². The zero-order chi connectivity index (χ0) is 32.7. The van der Waals surface area contributed by atoms with Crippen molar-refractivity contribution in [3.8, 4) is 33.4 Å². The minimum atomic E-state index is 0.677. The average molecular weight is 661 g/mol. The summed E-state index contributed by atoms with van der Waals surface area (Å²) in [7, 11) is 0. The molecule has 232 valence electrons. The van der Waals surface area contributed by atoms with Crippen LogP contribution in [0.4, 0.5) is 22.7 Å². The Kier molecular flexibility index (Phi) is 9.33. The van der Waals surface area contributed by atoms with E-state index in [0.717, 1.165) is 61.7 Å². The van der Waals surface area contributed by atoms with Crippen LogP contribution < -0.4 is 10.3 Å². The first kappa shape index (κ1) is 31.0. The van der Waals surface area contributed by atoms with Crippen LogP contribution in [-0.4, -0.2) is 6.21 Å². The Morgan fingerprint density at radius 3 is 1.56 bits per heavy atom. The molecule has 0 radical (unpaired) electrons. The van der Waals surface area contributed by atoms with Crippen molar-refractivity contribution < 1.29 is 0 Å². The Hall–Kier alpha value is -5.61. The molecule has 0 saturated carbocycles. The van der Waals surface area contributed by atoms with Crippen LogP contribution in [-0.2, 0) is 0 Å². The maximum atomic E-state index is 6.51. The van der Waals surface area contributed by atoms with E-state index in [4.69, 9.17) is 28.3 Å². The summed E-state index contributed by atoms with van der Waals surface area (Å²) in [6.07, 6.45) is 1.88. The Bertz CT molecular complexity index is 2110. The molecule has 0 aliphatic carbocycles. The maximum Gasteiger partial charge on any atom is 0.0652 e. The van der Waals surface area contributed by atoms with Gasteiger partial charge in [0.25, 0.3) is 0 Å². The summed E-state index contributed by atoms with van der Waals surface area (Å²) in [5, 5.41) is 11.8. The molecular formula is C43H31Cl2N3. The van der Waals surface area contributed by atoms with Crippen molar-refractivity contribution in [3.05, 3.63) is 192 Å². The fourth-order valence-corrected chi connectivity index (χ4v) is 6.02. The lowest BCUT2D eigenvalue weighted by molar-refractivity contribution is 1.09. The molecule has 7 rings (SSSR count). The number of nitrogens with one attached hydrogen (secondary N) is 1. The number of nitrogens with zero attached hydrogens (tertiary/aromatic N) is 2. The van der Waals surface area contributed by atoms with Gasteiger partial charge >= 0.3 is 0 Å². The van der Waals surface area contributed by atoms with Gasteiger partial charge in [-0.25, -0.2) is 5.01 Å². The Labute approximate surface area is 291 Å². The summed E-state index contributed by atoms with van der Waals surface area (Å²) < 4.78 is 0. The third kappa shape index (κ3) is 7.19. The van der Waals surface area contributed by atoms with Crippen molar-refractivity contribution in [2.24, 2.45) is 5.10 Å². The Morgan fingerprint density at radius 2 is 0.958 bits per heavy atom. The summed E-state index contributed by atoms with van der Waals surface area (Å²) in [5.41, 5.74) is 11.4. The van der Waals surface area contributed by atoms with E-state index in [0.29, 0.717) is 10.0 Å². The molecule has 0 bridgehead atoms. The summed E-state index contributed by atoms with van der Waals surface area (Å²) in [5.74, 6) is 0. The van der Waals surface area contributed by atoms with Gasteiger partial charge in [0.2, 0.25) is 0 Å². The molecule has 0 aliphatic heterocycles. The van der Waals surface area contributed by atoms with E-state index in [2.05, 4.69) is 72.0 Å². The molecule has 0 heterocycles. The van der Waals surface area contributed by atoms with E-state index in [1.807, 2.05) is 120 Å². The second kappa shape index (κ2) is 14.4. The largest absolute Gasteiger partial charge is 0.355 e. The van der Waals surface area contributed by atoms with Gasteiger partial charge in [0.05, 0.1) is 17.6 Å². The summed E-state index contributed by atoms with van der Waals surface area (Å²) >= 11 is 12.9. The summed E-state index contributed by atoms with van der Waals surface area (Å²) in [6, 6.07) is 59.4. The highest BCUT2D eigenvalue weighted by Gasteiger charge is 2.12. The van der Waals surface area contributed by atoms with Crippen LogP contribution in [0.15, 0.2) is 181 Å². The number of rotatable bonds is 9. The number of hydrazone groups is 1. The molecule has 48 heavy (non-hydrogen) atoms. The smallest absolute Gasteiger partial charge is 0.0652 e. The van der Waals surface area contributed by atoms with Gasteiger partial charge in [-0.05, 0) is 100 Å². The third-order valence-electron chi connectivity index (χ3n) is 8.07. The highest BCUT2D eigenvalue weighted by atomic mass is 35.5. The van der Waals surface area contributed by atoms with Gasteiger partial charge in [-0.1, -0.05) is 132 Å². The zero-order valence-electron chi connectivity index (χ0n) is 26.0. The molecule has 7 aromatic carbocycles. The molecule has 7 aromatic rings. The lowest BCUT2D eigenvalue weighted by Gasteiger charge is -2.19. The third-order valence-corrected chi connectivity index (χ3v) is 8.54. The van der Waals surface area contributed by atoms with Crippen molar-refractivity contribution in [2.45, 2.75) is 0 Å². The lowest BCUT2D eigenvalue weighted by Crippen LogP contribution is -2.09. The number of hydrogen-bond donors (Lipinski definition) is 1. The van der Waals surface area contributed by atoms with E-state index in [1.165, 1.54) is 0 Å². The number of para-hydroxylation sites is 2.